The summed E-state index contributed by atoms with van der Waals surface area (Å²) in [5, 5.41) is 5.92. The van der Waals surface area contributed by atoms with Crippen LogP contribution in [0.1, 0.15) is 16.3 Å². The second-order valence-corrected chi connectivity index (χ2v) is 4.66. The Morgan fingerprint density at radius 2 is 2.10 bits per heavy atom. The maximum Gasteiger partial charge on any atom is 0.270 e. The third-order valence-electron chi connectivity index (χ3n) is 2.53. The van der Waals surface area contributed by atoms with Gasteiger partial charge in [-0.2, -0.15) is 0 Å². The summed E-state index contributed by atoms with van der Waals surface area (Å²) >= 11 is 0. The van der Waals surface area contributed by atoms with Gasteiger partial charge in [-0.25, -0.2) is 9.97 Å². The molecule has 0 aromatic carbocycles. The minimum absolute atomic E-state index is 0.188. The Balaban J connectivity index is 2.61. The second kappa shape index (κ2) is 8.44. The predicted octanol–water partition coefficient (Wildman–Crippen LogP) is 0.135. The average Bonchev–Trinajstić information content (AvgIpc) is 2.38. The van der Waals surface area contributed by atoms with Crippen LogP contribution in [0.25, 0.3) is 0 Å². The molecule has 7 nitrogen and oxygen atoms in total. The number of ether oxygens (including phenoxy) is 1. The molecule has 0 spiro atoms. The Morgan fingerprint density at radius 3 is 2.75 bits per heavy atom. The van der Waals surface area contributed by atoms with Gasteiger partial charge in [-0.05, 0) is 21.0 Å². The Morgan fingerprint density at radius 1 is 1.35 bits per heavy atom. The van der Waals surface area contributed by atoms with Crippen LogP contribution in [0.3, 0.4) is 0 Å². The predicted molar refractivity (Wildman–Crippen MR) is 78.0 cm³/mol. The monoisotopic (exact) mass is 281 g/mol. The van der Waals surface area contributed by atoms with E-state index < -0.39 is 0 Å². The number of aromatic nitrogens is 2. The summed E-state index contributed by atoms with van der Waals surface area (Å²) in [6.07, 6.45) is 0. The van der Waals surface area contributed by atoms with Gasteiger partial charge in [0.1, 0.15) is 17.3 Å². The normalized spacial score (nSPS) is 10.7. The molecular formula is C13H23N5O2. The van der Waals surface area contributed by atoms with E-state index in [2.05, 4.69) is 20.6 Å². The Kier molecular flexibility index (Phi) is 6.89. The van der Waals surface area contributed by atoms with Crippen LogP contribution in [0.5, 0.6) is 0 Å². The summed E-state index contributed by atoms with van der Waals surface area (Å²) in [5.41, 5.74) is 0.371. The molecule has 0 aliphatic carbocycles. The largest absolute Gasteiger partial charge is 0.383 e. The fraction of sp³-hybridized carbons (Fsp3) is 0.615. The fourth-order valence-corrected chi connectivity index (χ4v) is 1.54. The van der Waals surface area contributed by atoms with E-state index in [0.717, 1.165) is 6.54 Å². The van der Waals surface area contributed by atoms with Crippen LogP contribution in [-0.2, 0) is 4.74 Å². The van der Waals surface area contributed by atoms with Gasteiger partial charge in [-0.15, -0.1) is 0 Å². The van der Waals surface area contributed by atoms with Gasteiger partial charge in [0.2, 0.25) is 0 Å². The van der Waals surface area contributed by atoms with E-state index in [4.69, 9.17) is 4.74 Å². The molecule has 2 N–H and O–H groups in total. The van der Waals surface area contributed by atoms with Gasteiger partial charge in [0.15, 0.2) is 0 Å². The van der Waals surface area contributed by atoms with Crippen LogP contribution in [0.4, 0.5) is 5.82 Å². The van der Waals surface area contributed by atoms with Crippen molar-refractivity contribution in [3.63, 3.8) is 0 Å². The third-order valence-corrected chi connectivity index (χ3v) is 2.53. The topological polar surface area (TPSA) is 79.4 Å². The lowest BCUT2D eigenvalue weighted by Gasteiger charge is -2.11. The molecule has 0 aliphatic rings. The molecule has 0 radical (unpaired) electrons. The van der Waals surface area contributed by atoms with Gasteiger partial charge in [0.05, 0.1) is 6.61 Å². The number of amides is 1. The van der Waals surface area contributed by atoms with Gasteiger partial charge < -0.3 is 20.3 Å². The van der Waals surface area contributed by atoms with E-state index >= 15 is 0 Å². The minimum Gasteiger partial charge on any atom is -0.383 e. The molecule has 0 fully saturated rings. The van der Waals surface area contributed by atoms with Gasteiger partial charge in [-0.3, -0.25) is 4.79 Å². The molecule has 1 heterocycles. The molecule has 20 heavy (non-hydrogen) atoms. The molecule has 0 aliphatic heterocycles. The van der Waals surface area contributed by atoms with Gasteiger partial charge in [0.25, 0.3) is 5.91 Å². The highest BCUT2D eigenvalue weighted by Crippen LogP contribution is 2.06. The first-order valence-corrected chi connectivity index (χ1v) is 6.54. The average molecular weight is 281 g/mol. The zero-order valence-corrected chi connectivity index (χ0v) is 12.6. The maximum atomic E-state index is 12.0. The Hall–Kier alpha value is -1.73. The minimum atomic E-state index is -0.188. The highest BCUT2D eigenvalue weighted by atomic mass is 16.5. The number of hydrogen-bond acceptors (Lipinski definition) is 6. The van der Waals surface area contributed by atoms with E-state index in [-0.39, 0.29) is 5.91 Å². The molecule has 0 atom stereocenters. The van der Waals surface area contributed by atoms with Gasteiger partial charge in [0, 0.05) is 32.8 Å². The number of methoxy groups -OCH3 is 1. The van der Waals surface area contributed by atoms with Crippen molar-refractivity contribution in [1.82, 2.24) is 20.2 Å². The quantitative estimate of drug-likeness (QED) is 0.660. The van der Waals surface area contributed by atoms with Crippen molar-refractivity contribution in [2.45, 2.75) is 6.92 Å². The molecular weight excluding hydrogens is 258 g/mol. The maximum absolute atomic E-state index is 12.0. The van der Waals surface area contributed by atoms with Crippen LogP contribution in [-0.4, -0.2) is 68.2 Å². The molecule has 112 valence electrons. The summed E-state index contributed by atoms with van der Waals surface area (Å²) in [5.74, 6) is 1.00. The van der Waals surface area contributed by atoms with Crippen LogP contribution in [0.2, 0.25) is 0 Å². The number of carbonyl (C=O) groups is 1. The van der Waals surface area contributed by atoms with Gasteiger partial charge in [-0.1, -0.05) is 0 Å². The molecule has 1 aromatic rings. The molecule has 0 unspecified atom stereocenters. The Bertz CT molecular complexity index is 437. The van der Waals surface area contributed by atoms with Crippen molar-refractivity contribution in [2.75, 3.05) is 52.8 Å². The zero-order chi connectivity index (χ0) is 15.0. The van der Waals surface area contributed by atoms with Crippen molar-refractivity contribution in [1.29, 1.82) is 0 Å². The number of rotatable bonds is 8. The molecule has 7 heteroatoms. The van der Waals surface area contributed by atoms with Crippen molar-refractivity contribution >= 4 is 11.7 Å². The summed E-state index contributed by atoms with van der Waals surface area (Å²) in [6, 6.07) is 1.65. The first-order valence-electron chi connectivity index (χ1n) is 6.54. The molecule has 0 saturated carbocycles. The highest BCUT2D eigenvalue weighted by molar-refractivity contribution is 5.92. The van der Waals surface area contributed by atoms with Crippen molar-refractivity contribution in [3.8, 4) is 0 Å². The molecule has 0 saturated heterocycles. The van der Waals surface area contributed by atoms with Gasteiger partial charge >= 0.3 is 0 Å². The van der Waals surface area contributed by atoms with Crippen LogP contribution >= 0.6 is 0 Å². The number of nitrogens with one attached hydrogen (secondary N) is 2. The summed E-state index contributed by atoms with van der Waals surface area (Å²) < 4.78 is 4.96. The lowest BCUT2D eigenvalue weighted by Crippen LogP contribution is -2.32. The number of nitrogens with zero attached hydrogens (tertiary/aromatic N) is 3. The molecule has 1 amide bonds. The van der Waals surface area contributed by atoms with Crippen molar-refractivity contribution < 1.29 is 9.53 Å². The first kappa shape index (κ1) is 16.3. The highest BCUT2D eigenvalue weighted by Gasteiger charge is 2.10. The van der Waals surface area contributed by atoms with Crippen LogP contribution < -0.4 is 10.6 Å². The zero-order valence-electron chi connectivity index (χ0n) is 12.6. The van der Waals surface area contributed by atoms with Crippen molar-refractivity contribution in [3.05, 3.63) is 17.6 Å². The molecule has 0 bridgehead atoms. The van der Waals surface area contributed by atoms with E-state index in [9.17, 15) is 4.79 Å². The molecule has 1 rings (SSSR count). The Labute approximate surface area is 119 Å². The number of carbonyl (C=O) groups excluding carboxylic acids is 1. The first-order chi connectivity index (χ1) is 9.52. The lowest BCUT2D eigenvalue weighted by atomic mass is 10.3. The summed E-state index contributed by atoms with van der Waals surface area (Å²) in [6.45, 7) is 4.34. The third kappa shape index (κ3) is 5.94. The smallest absolute Gasteiger partial charge is 0.270 e. The summed E-state index contributed by atoms with van der Waals surface area (Å²) in [4.78, 5) is 22.4. The number of hydrogen-bond donors (Lipinski definition) is 2. The van der Waals surface area contributed by atoms with Crippen LogP contribution in [0.15, 0.2) is 6.07 Å². The fourth-order valence-electron chi connectivity index (χ4n) is 1.54. The standard InChI is InChI=1S/C13H23N5O2/c1-10-16-11(13(19)15-5-7-18(2)3)9-12(17-10)14-6-8-20-4/h9H,5-8H2,1-4H3,(H,15,19)(H,14,16,17). The van der Waals surface area contributed by atoms with E-state index in [0.29, 0.717) is 37.0 Å². The molecule has 1 aromatic heterocycles. The van der Waals surface area contributed by atoms with E-state index in [1.54, 1.807) is 20.1 Å². The van der Waals surface area contributed by atoms with Crippen LogP contribution in [0, 0.1) is 6.92 Å². The number of anilines is 1. The van der Waals surface area contributed by atoms with E-state index in [1.165, 1.54) is 0 Å². The van der Waals surface area contributed by atoms with Crippen molar-refractivity contribution in [2.24, 2.45) is 0 Å². The number of likely N-dealkylation sites (N-methyl/N-ethyl adjacent to an activating group) is 1. The lowest BCUT2D eigenvalue weighted by molar-refractivity contribution is 0.0945. The van der Waals surface area contributed by atoms with E-state index in [1.807, 2.05) is 19.0 Å². The number of aryl methyl sites for hydroxylation is 1. The second-order valence-electron chi connectivity index (χ2n) is 4.66. The summed E-state index contributed by atoms with van der Waals surface area (Å²) in [7, 11) is 5.55. The SMILES string of the molecule is COCCNc1cc(C(=O)NCCN(C)C)nc(C)n1.